The summed E-state index contributed by atoms with van der Waals surface area (Å²) in [7, 11) is 0. The molecule has 3 heterocycles. The molecular formula is C20H21ClN6. The van der Waals surface area contributed by atoms with E-state index in [1.807, 2.05) is 57.2 Å². The number of nitrogens with two attached hydrogens (primary N) is 1. The zero-order valence-corrected chi connectivity index (χ0v) is 16.3. The van der Waals surface area contributed by atoms with Gasteiger partial charge in [-0.05, 0) is 19.1 Å². The highest BCUT2D eigenvalue weighted by Crippen LogP contribution is 2.25. The van der Waals surface area contributed by atoms with E-state index in [0.717, 1.165) is 22.5 Å². The number of hydrogen-bond donors (Lipinski definition) is 1. The summed E-state index contributed by atoms with van der Waals surface area (Å²) >= 11 is 5.87. The number of hydrogen-bond acceptors (Lipinski definition) is 5. The fourth-order valence-electron chi connectivity index (χ4n) is 2.73. The van der Waals surface area contributed by atoms with Gasteiger partial charge in [0.15, 0.2) is 11.5 Å². The molecule has 7 heteroatoms. The van der Waals surface area contributed by atoms with E-state index in [-0.39, 0.29) is 0 Å². The Morgan fingerprint density at radius 2 is 1.78 bits per heavy atom. The third kappa shape index (κ3) is 3.90. The fourth-order valence-corrected chi connectivity index (χ4v) is 2.85. The summed E-state index contributed by atoms with van der Waals surface area (Å²) in [6, 6.07) is 13.6. The summed E-state index contributed by atoms with van der Waals surface area (Å²) in [6.45, 7) is 5.98. The van der Waals surface area contributed by atoms with E-state index in [4.69, 9.17) is 17.3 Å². The van der Waals surface area contributed by atoms with Crippen LogP contribution in [0.1, 0.15) is 30.9 Å². The fraction of sp³-hybridized carbons (Fsp3) is 0.200. The number of aryl methyl sites for hydroxylation is 1. The lowest BCUT2D eigenvalue weighted by Crippen LogP contribution is -2.05. The quantitative estimate of drug-likeness (QED) is 0.571. The second kappa shape index (κ2) is 8.14. The maximum atomic E-state index is 6.11. The Balaban J connectivity index is 0.00000102. The molecule has 0 unspecified atom stereocenters. The highest BCUT2D eigenvalue weighted by atomic mass is 35.5. The molecule has 4 rings (SSSR count). The number of benzene rings is 1. The summed E-state index contributed by atoms with van der Waals surface area (Å²) in [5.41, 5.74) is 10.4. The number of rotatable bonds is 3. The van der Waals surface area contributed by atoms with Gasteiger partial charge in [-0.2, -0.15) is 4.52 Å². The van der Waals surface area contributed by atoms with Crippen LogP contribution in [-0.4, -0.2) is 24.6 Å². The zero-order chi connectivity index (χ0) is 19.4. The van der Waals surface area contributed by atoms with E-state index in [2.05, 4.69) is 20.1 Å². The number of fused-ring (bicyclic) bond motifs is 1. The minimum Gasteiger partial charge on any atom is -0.368 e. The van der Waals surface area contributed by atoms with Crippen LogP contribution in [0.2, 0.25) is 5.02 Å². The van der Waals surface area contributed by atoms with Crippen LogP contribution < -0.4 is 5.73 Å². The topological polar surface area (TPSA) is 82.0 Å². The number of pyridine rings is 1. The summed E-state index contributed by atoms with van der Waals surface area (Å²) in [5.74, 6) is 0.943. The Bertz CT molecular complexity index is 1040. The molecule has 6 nitrogen and oxygen atoms in total. The molecule has 138 valence electrons. The van der Waals surface area contributed by atoms with Crippen molar-refractivity contribution in [2.75, 3.05) is 5.73 Å². The number of nitrogens with zero attached hydrogens (tertiary/aromatic N) is 5. The van der Waals surface area contributed by atoms with Gasteiger partial charge in [0.1, 0.15) is 0 Å². The lowest BCUT2D eigenvalue weighted by molar-refractivity contribution is 0.877. The van der Waals surface area contributed by atoms with Crippen molar-refractivity contribution in [3.8, 4) is 11.3 Å². The average molecular weight is 381 g/mol. The number of halogens is 1. The van der Waals surface area contributed by atoms with Crippen LogP contribution in [0, 0.1) is 6.92 Å². The summed E-state index contributed by atoms with van der Waals surface area (Å²) in [5, 5.41) is 5.07. The number of aromatic nitrogens is 5. The first-order valence-corrected chi connectivity index (χ1v) is 9.17. The van der Waals surface area contributed by atoms with Gasteiger partial charge in [-0.1, -0.05) is 55.8 Å². The van der Waals surface area contributed by atoms with Crippen molar-refractivity contribution >= 4 is 23.2 Å². The summed E-state index contributed by atoms with van der Waals surface area (Å²) < 4.78 is 1.58. The Morgan fingerprint density at radius 1 is 1.04 bits per heavy atom. The molecule has 3 aromatic heterocycles. The molecule has 0 amide bonds. The maximum Gasteiger partial charge on any atom is 0.223 e. The predicted octanol–water partition coefficient (Wildman–Crippen LogP) is 4.35. The molecule has 0 atom stereocenters. The van der Waals surface area contributed by atoms with Crippen molar-refractivity contribution in [2.45, 2.75) is 27.2 Å². The molecule has 0 bridgehead atoms. The van der Waals surface area contributed by atoms with Crippen LogP contribution >= 0.6 is 11.6 Å². The van der Waals surface area contributed by atoms with Gasteiger partial charge in [0.05, 0.1) is 17.1 Å². The Labute approximate surface area is 163 Å². The first-order valence-electron chi connectivity index (χ1n) is 8.79. The molecule has 0 saturated carbocycles. The minimum absolute atomic E-state index is 0.308. The van der Waals surface area contributed by atoms with E-state index in [9.17, 15) is 0 Å². The summed E-state index contributed by atoms with van der Waals surface area (Å²) in [6.07, 6.45) is 2.11. The first-order chi connectivity index (χ1) is 13.1. The Hall–Kier alpha value is -2.99. The van der Waals surface area contributed by atoms with Crippen molar-refractivity contribution in [1.82, 2.24) is 24.6 Å². The molecule has 2 N–H and O–H groups in total. The molecule has 0 aliphatic carbocycles. The highest BCUT2D eigenvalue weighted by molar-refractivity contribution is 6.30. The smallest absolute Gasteiger partial charge is 0.223 e. The van der Waals surface area contributed by atoms with E-state index < -0.39 is 0 Å². The standard InChI is InChI=1S/C18H15ClN6.C2H6/c1-11-16(12-5-3-2-4-6-12)23-18(20)25-17(11)22-15(24-25)9-14-8-7-13(19)10-21-14;1-2/h2-8,10H,9H2,1H3,(H2,20,23);1-2H3. The third-order valence-electron chi connectivity index (χ3n) is 3.96. The van der Waals surface area contributed by atoms with Crippen LogP contribution in [0.3, 0.4) is 0 Å². The molecule has 0 radical (unpaired) electrons. The normalized spacial score (nSPS) is 10.5. The molecule has 0 fully saturated rings. The lowest BCUT2D eigenvalue weighted by atomic mass is 10.1. The van der Waals surface area contributed by atoms with Gasteiger partial charge >= 0.3 is 0 Å². The van der Waals surface area contributed by atoms with Crippen molar-refractivity contribution in [1.29, 1.82) is 0 Å². The van der Waals surface area contributed by atoms with Crippen LogP contribution in [0.15, 0.2) is 48.7 Å². The minimum atomic E-state index is 0.308. The monoisotopic (exact) mass is 380 g/mol. The first kappa shape index (κ1) is 18.8. The largest absolute Gasteiger partial charge is 0.368 e. The van der Waals surface area contributed by atoms with Gasteiger partial charge in [-0.15, -0.1) is 5.10 Å². The summed E-state index contributed by atoms with van der Waals surface area (Å²) in [4.78, 5) is 13.4. The maximum absolute atomic E-state index is 6.11. The second-order valence-corrected chi connectivity index (χ2v) is 6.15. The van der Waals surface area contributed by atoms with Crippen LogP contribution in [0.4, 0.5) is 5.95 Å². The van der Waals surface area contributed by atoms with Crippen molar-refractivity contribution in [2.24, 2.45) is 0 Å². The van der Waals surface area contributed by atoms with E-state index in [1.165, 1.54) is 0 Å². The van der Waals surface area contributed by atoms with E-state index >= 15 is 0 Å². The SMILES string of the molecule is CC.Cc1c(-c2ccccc2)nc(N)n2nc(Cc3ccc(Cl)cn3)nc12. The van der Waals surface area contributed by atoms with Crippen molar-refractivity contribution in [3.63, 3.8) is 0 Å². The third-order valence-corrected chi connectivity index (χ3v) is 4.18. The van der Waals surface area contributed by atoms with Gasteiger partial charge in [0.2, 0.25) is 5.95 Å². The zero-order valence-electron chi connectivity index (χ0n) is 15.5. The van der Waals surface area contributed by atoms with Crippen LogP contribution in [-0.2, 0) is 6.42 Å². The molecule has 0 aliphatic heterocycles. The second-order valence-electron chi connectivity index (χ2n) is 5.72. The van der Waals surface area contributed by atoms with Gasteiger partial charge in [-0.3, -0.25) is 4.98 Å². The van der Waals surface area contributed by atoms with Gasteiger partial charge in [0.25, 0.3) is 0 Å². The molecule has 0 saturated heterocycles. The Morgan fingerprint density at radius 3 is 2.44 bits per heavy atom. The Kier molecular flexibility index (Phi) is 5.66. The number of nitrogen functional groups attached to an aromatic ring is 1. The van der Waals surface area contributed by atoms with Gasteiger partial charge in [-0.25, -0.2) is 9.97 Å². The van der Waals surface area contributed by atoms with Crippen LogP contribution in [0.25, 0.3) is 16.9 Å². The van der Waals surface area contributed by atoms with E-state index in [0.29, 0.717) is 28.9 Å². The molecule has 1 aromatic carbocycles. The molecule has 0 aliphatic rings. The average Bonchev–Trinajstić information content (AvgIpc) is 3.13. The molecule has 0 spiro atoms. The number of anilines is 1. The molecular weight excluding hydrogens is 360 g/mol. The molecule has 4 aromatic rings. The van der Waals surface area contributed by atoms with Crippen LogP contribution in [0.5, 0.6) is 0 Å². The van der Waals surface area contributed by atoms with E-state index in [1.54, 1.807) is 16.8 Å². The highest BCUT2D eigenvalue weighted by Gasteiger charge is 2.15. The van der Waals surface area contributed by atoms with Crippen molar-refractivity contribution < 1.29 is 0 Å². The van der Waals surface area contributed by atoms with Crippen molar-refractivity contribution in [3.05, 3.63) is 70.8 Å². The lowest BCUT2D eigenvalue weighted by Gasteiger charge is -2.07. The van der Waals surface area contributed by atoms with Gasteiger partial charge < -0.3 is 5.73 Å². The predicted molar refractivity (Wildman–Crippen MR) is 109 cm³/mol. The van der Waals surface area contributed by atoms with Gasteiger partial charge in [0, 0.05) is 23.0 Å². The molecule has 27 heavy (non-hydrogen) atoms.